The predicted molar refractivity (Wildman–Crippen MR) is 111 cm³/mol. The lowest BCUT2D eigenvalue weighted by molar-refractivity contribution is -0.394. The van der Waals surface area contributed by atoms with Gasteiger partial charge in [0.1, 0.15) is 10.9 Å². The molecule has 0 bridgehead atoms. The van der Waals surface area contributed by atoms with Crippen LogP contribution in [0.3, 0.4) is 0 Å². The molecule has 0 aliphatic rings. The summed E-state index contributed by atoms with van der Waals surface area (Å²) in [6, 6.07) is 12.4. The van der Waals surface area contributed by atoms with Crippen LogP contribution >= 0.6 is 11.6 Å². The first-order chi connectivity index (χ1) is 14.8. The number of nitro groups is 2. The van der Waals surface area contributed by atoms with Crippen molar-refractivity contribution in [2.24, 2.45) is 5.10 Å². The number of non-ortho nitro benzene ring substituents is 1. The van der Waals surface area contributed by atoms with E-state index in [1.165, 1.54) is 30.6 Å². The molecule has 3 rings (SSSR count). The molecule has 11 nitrogen and oxygen atoms in total. The number of amides is 1. The summed E-state index contributed by atoms with van der Waals surface area (Å²) < 4.78 is 5.47. The Bertz CT molecular complexity index is 1180. The molecule has 0 aliphatic heterocycles. The van der Waals surface area contributed by atoms with Gasteiger partial charge in [-0.3, -0.25) is 25.0 Å². The molecule has 0 saturated carbocycles. The number of hydrogen-bond donors (Lipinski definition) is 1. The molecule has 0 radical (unpaired) electrons. The van der Waals surface area contributed by atoms with Crippen LogP contribution in [0.25, 0.3) is 0 Å². The number of hydrogen-bond acceptors (Lipinski definition) is 8. The summed E-state index contributed by atoms with van der Waals surface area (Å²) in [6.07, 6.45) is 2.83. The molecule has 1 amide bonds. The van der Waals surface area contributed by atoms with Gasteiger partial charge in [0.2, 0.25) is 5.75 Å². The average molecular weight is 442 g/mol. The summed E-state index contributed by atoms with van der Waals surface area (Å²) in [5.41, 5.74) is 2.15. The van der Waals surface area contributed by atoms with Crippen LogP contribution < -0.4 is 10.2 Å². The summed E-state index contributed by atoms with van der Waals surface area (Å²) in [5.74, 6) is -0.405. The van der Waals surface area contributed by atoms with Gasteiger partial charge in [0.25, 0.3) is 11.6 Å². The summed E-state index contributed by atoms with van der Waals surface area (Å²) in [4.78, 5) is 36.3. The average Bonchev–Trinajstić information content (AvgIpc) is 2.75. The van der Waals surface area contributed by atoms with E-state index in [1.54, 1.807) is 18.2 Å². The molecule has 156 valence electrons. The van der Waals surface area contributed by atoms with Crippen molar-refractivity contribution in [1.82, 2.24) is 10.4 Å². The third-order valence-corrected chi connectivity index (χ3v) is 4.14. The van der Waals surface area contributed by atoms with E-state index in [2.05, 4.69) is 15.5 Å². The number of pyridine rings is 1. The second-order valence-electron chi connectivity index (χ2n) is 5.88. The Balaban J connectivity index is 1.67. The van der Waals surface area contributed by atoms with Gasteiger partial charge in [-0.1, -0.05) is 11.6 Å². The number of hydrazone groups is 1. The van der Waals surface area contributed by atoms with Gasteiger partial charge in [0, 0.05) is 12.3 Å². The number of carbonyl (C=O) groups is 1. The first kappa shape index (κ1) is 21.3. The van der Waals surface area contributed by atoms with Gasteiger partial charge in [-0.05, 0) is 48.0 Å². The van der Waals surface area contributed by atoms with Crippen molar-refractivity contribution in [2.75, 3.05) is 0 Å². The molecule has 1 N–H and O–H groups in total. The lowest BCUT2D eigenvalue weighted by Gasteiger charge is -2.06. The van der Waals surface area contributed by atoms with Gasteiger partial charge in [0.15, 0.2) is 0 Å². The van der Waals surface area contributed by atoms with Gasteiger partial charge >= 0.3 is 5.69 Å². The van der Waals surface area contributed by atoms with Gasteiger partial charge in [-0.25, -0.2) is 10.4 Å². The van der Waals surface area contributed by atoms with Crippen molar-refractivity contribution >= 4 is 35.1 Å². The Morgan fingerprint density at radius 3 is 2.48 bits per heavy atom. The SMILES string of the molecule is O=C(NN=Cc1ccc(Oc2ccc([N+](=O)[O-])cc2[N+](=O)[O-])cc1)c1cccnc1Cl. The molecule has 0 aliphatic carbocycles. The molecule has 2 aromatic carbocycles. The molecule has 1 aromatic heterocycles. The topological polar surface area (TPSA) is 150 Å². The molecular formula is C19H12ClN5O6. The molecule has 3 aromatic rings. The van der Waals surface area contributed by atoms with Crippen molar-refractivity contribution in [2.45, 2.75) is 0 Å². The van der Waals surface area contributed by atoms with E-state index >= 15 is 0 Å². The number of halogens is 1. The zero-order chi connectivity index (χ0) is 22.4. The highest BCUT2D eigenvalue weighted by Gasteiger charge is 2.21. The quantitative estimate of drug-likeness (QED) is 0.251. The summed E-state index contributed by atoms with van der Waals surface area (Å²) in [5, 5.41) is 25.9. The smallest absolute Gasteiger partial charge is 0.318 e. The zero-order valence-corrected chi connectivity index (χ0v) is 16.2. The van der Waals surface area contributed by atoms with Crippen molar-refractivity contribution in [3.8, 4) is 11.5 Å². The van der Waals surface area contributed by atoms with Gasteiger partial charge in [-0.15, -0.1) is 0 Å². The summed E-state index contributed by atoms with van der Waals surface area (Å²) in [6.45, 7) is 0. The molecule has 12 heteroatoms. The van der Waals surface area contributed by atoms with Crippen LogP contribution in [-0.2, 0) is 0 Å². The number of ether oxygens (including phenoxy) is 1. The lowest BCUT2D eigenvalue weighted by atomic mass is 10.2. The van der Waals surface area contributed by atoms with Crippen molar-refractivity contribution in [1.29, 1.82) is 0 Å². The molecule has 0 unspecified atom stereocenters. The van der Waals surface area contributed by atoms with Crippen LogP contribution in [0.1, 0.15) is 15.9 Å². The molecule has 0 fully saturated rings. The Morgan fingerprint density at radius 2 is 1.84 bits per heavy atom. The van der Waals surface area contributed by atoms with Crippen LogP contribution in [0.4, 0.5) is 11.4 Å². The summed E-state index contributed by atoms with van der Waals surface area (Å²) in [7, 11) is 0. The van der Waals surface area contributed by atoms with Crippen LogP contribution in [0, 0.1) is 20.2 Å². The van der Waals surface area contributed by atoms with Crippen molar-refractivity contribution < 1.29 is 19.4 Å². The van der Waals surface area contributed by atoms with E-state index < -0.39 is 27.1 Å². The van der Waals surface area contributed by atoms with E-state index in [9.17, 15) is 25.0 Å². The number of carbonyl (C=O) groups excluding carboxylic acids is 1. The maximum atomic E-state index is 12.0. The van der Waals surface area contributed by atoms with Gasteiger partial charge in [-0.2, -0.15) is 5.10 Å². The Labute approximate surface area is 179 Å². The van der Waals surface area contributed by atoms with Crippen LogP contribution in [0.5, 0.6) is 11.5 Å². The minimum Gasteiger partial charge on any atom is -0.450 e. The highest BCUT2D eigenvalue weighted by Crippen LogP contribution is 2.34. The van der Waals surface area contributed by atoms with Crippen LogP contribution in [-0.4, -0.2) is 27.0 Å². The number of nitrogens with one attached hydrogen (secondary N) is 1. The molecule has 31 heavy (non-hydrogen) atoms. The minimum absolute atomic E-state index is 0.0528. The van der Waals surface area contributed by atoms with Crippen LogP contribution in [0.2, 0.25) is 5.15 Å². The summed E-state index contributed by atoms with van der Waals surface area (Å²) >= 11 is 5.84. The fraction of sp³-hybridized carbons (Fsp3) is 0. The fourth-order valence-corrected chi connectivity index (χ4v) is 2.58. The van der Waals surface area contributed by atoms with Crippen molar-refractivity contribution in [3.05, 3.63) is 97.3 Å². The maximum absolute atomic E-state index is 12.0. The predicted octanol–water partition coefficient (Wildman–Crippen LogP) is 4.11. The number of aromatic nitrogens is 1. The molecule has 0 spiro atoms. The third-order valence-electron chi connectivity index (χ3n) is 3.84. The van der Waals surface area contributed by atoms with E-state index in [4.69, 9.17) is 16.3 Å². The number of rotatable bonds is 7. The van der Waals surface area contributed by atoms with Gasteiger partial charge in [0.05, 0.1) is 27.7 Å². The van der Waals surface area contributed by atoms with Crippen molar-refractivity contribution in [3.63, 3.8) is 0 Å². The second-order valence-corrected chi connectivity index (χ2v) is 6.24. The Kier molecular flexibility index (Phi) is 6.48. The third kappa shape index (κ3) is 5.36. The Hall–Kier alpha value is -4.38. The van der Waals surface area contributed by atoms with E-state index in [0.29, 0.717) is 5.56 Å². The van der Waals surface area contributed by atoms with E-state index in [-0.39, 0.29) is 22.2 Å². The van der Waals surface area contributed by atoms with E-state index in [0.717, 1.165) is 18.2 Å². The monoisotopic (exact) mass is 441 g/mol. The number of nitrogens with zero attached hydrogens (tertiary/aromatic N) is 4. The standard InChI is InChI=1S/C19H12ClN5O6/c20-18-15(2-1-9-21-18)19(26)23-22-11-12-3-6-14(7-4-12)31-17-8-5-13(24(27)28)10-16(17)25(29)30/h1-11H,(H,23,26). The molecule has 1 heterocycles. The zero-order valence-electron chi connectivity index (χ0n) is 15.5. The molecule has 0 saturated heterocycles. The molecular weight excluding hydrogens is 430 g/mol. The first-order valence-corrected chi connectivity index (χ1v) is 8.87. The lowest BCUT2D eigenvalue weighted by Crippen LogP contribution is -2.18. The normalized spacial score (nSPS) is 10.6. The van der Waals surface area contributed by atoms with Gasteiger partial charge < -0.3 is 4.74 Å². The maximum Gasteiger partial charge on any atom is 0.318 e. The number of benzene rings is 2. The highest BCUT2D eigenvalue weighted by molar-refractivity contribution is 6.32. The molecule has 0 atom stereocenters. The van der Waals surface area contributed by atoms with Crippen LogP contribution in [0.15, 0.2) is 65.9 Å². The highest BCUT2D eigenvalue weighted by atomic mass is 35.5. The second kappa shape index (κ2) is 9.41. The first-order valence-electron chi connectivity index (χ1n) is 8.50. The number of nitro benzene ring substituents is 2. The Morgan fingerprint density at radius 1 is 1.10 bits per heavy atom. The van der Waals surface area contributed by atoms with E-state index in [1.807, 2.05) is 0 Å². The minimum atomic E-state index is -0.763. The largest absolute Gasteiger partial charge is 0.450 e. The fourth-order valence-electron chi connectivity index (χ4n) is 2.38.